The molecule has 0 saturated carbocycles. The lowest BCUT2D eigenvalue weighted by Gasteiger charge is -2.35. The summed E-state index contributed by atoms with van der Waals surface area (Å²) in [4.78, 5) is 30.9. The average molecular weight is 475 g/mol. The van der Waals surface area contributed by atoms with E-state index in [0.717, 1.165) is 22.4 Å². The first-order chi connectivity index (χ1) is 15.4. The summed E-state index contributed by atoms with van der Waals surface area (Å²) in [5.74, 6) is -0.0398. The lowest BCUT2D eigenvalue weighted by atomic mass is 9.89. The summed E-state index contributed by atoms with van der Waals surface area (Å²) in [6.45, 7) is 3.77. The van der Waals surface area contributed by atoms with Crippen molar-refractivity contribution in [1.82, 2.24) is 9.88 Å². The van der Waals surface area contributed by atoms with Crippen LogP contribution >= 0.6 is 23.2 Å². The lowest BCUT2D eigenvalue weighted by Crippen LogP contribution is -2.40. The number of nitrogens with zero attached hydrogens (tertiary/aromatic N) is 1. The molecule has 168 valence electrons. The Hall–Kier alpha value is -2.12. The van der Waals surface area contributed by atoms with Gasteiger partial charge in [0, 0.05) is 41.4 Å². The maximum Gasteiger partial charge on any atom is 0.256 e. The van der Waals surface area contributed by atoms with Crippen LogP contribution in [0, 0.1) is 12.8 Å². The number of H-pyrrole nitrogens is 1. The molecule has 1 aromatic carbocycles. The Kier molecular flexibility index (Phi) is 5.66. The van der Waals surface area contributed by atoms with Gasteiger partial charge in [0.1, 0.15) is 0 Å². The van der Waals surface area contributed by atoms with E-state index in [4.69, 9.17) is 32.7 Å². The zero-order valence-electron chi connectivity index (χ0n) is 18.0. The van der Waals surface area contributed by atoms with Gasteiger partial charge in [0.25, 0.3) is 11.5 Å². The highest BCUT2D eigenvalue weighted by Crippen LogP contribution is 2.42. The van der Waals surface area contributed by atoms with E-state index in [-0.39, 0.29) is 30.0 Å². The first-order valence-corrected chi connectivity index (χ1v) is 11.5. The first-order valence-electron chi connectivity index (χ1n) is 10.7. The van der Waals surface area contributed by atoms with Gasteiger partial charge in [-0.3, -0.25) is 9.59 Å². The van der Waals surface area contributed by atoms with Crippen LogP contribution in [0.3, 0.4) is 0 Å². The van der Waals surface area contributed by atoms with Crippen molar-refractivity contribution in [3.63, 3.8) is 0 Å². The number of carbonyl (C=O) groups excluding carboxylic acids is 1. The summed E-state index contributed by atoms with van der Waals surface area (Å²) in [5, 5.41) is 0.899. The Morgan fingerprint density at radius 2 is 2.06 bits per heavy atom. The third-order valence-electron chi connectivity index (χ3n) is 6.75. The van der Waals surface area contributed by atoms with Gasteiger partial charge in [-0.25, -0.2) is 0 Å². The second-order valence-electron chi connectivity index (χ2n) is 8.60. The third-order valence-corrected chi connectivity index (χ3v) is 7.50. The molecule has 1 aliphatic carbocycles. The minimum Gasteiger partial charge on any atom is -0.380 e. The third kappa shape index (κ3) is 3.41. The van der Waals surface area contributed by atoms with E-state index < -0.39 is 0 Å². The molecule has 8 heteroatoms. The van der Waals surface area contributed by atoms with Crippen LogP contribution in [-0.4, -0.2) is 42.7 Å². The highest BCUT2D eigenvalue weighted by molar-refractivity contribution is 6.37. The van der Waals surface area contributed by atoms with Gasteiger partial charge in [-0.2, -0.15) is 0 Å². The number of methoxy groups -OCH3 is 1. The monoisotopic (exact) mass is 474 g/mol. The van der Waals surface area contributed by atoms with Crippen molar-refractivity contribution in [1.29, 1.82) is 0 Å². The topological polar surface area (TPSA) is 71.6 Å². The molecular formula is C24H24Cl2N2O4. The van der Waals surface area contributed by atoms with Gasteiger partial charge in [-0.05, 0) is 42.5 Å². The first kappa shape index (κ1) is 21.7. The molecule has 1 amide bonds. The van der Waals surface area contributed by atoms with E-state index in [2.05, 4.69) is 4.98 Å². The van der Waals surface area contributed by atoms with Crippen molar-refractivity contribution in [2.75, 3.05) is 26.9 Å². The van der Waals surface area contributed by atoms with E-state index in [9.17, 15) is 9.59 Å². The summed E-state index contributed by atoms with van der Waals surface area (Å²) >= 11 is 13.4. The van der Waals surface area contributed by atoms with E-state index in [0.29, 0.717) is 59.3 Å². The molecular weight excluding hydrogens is 451 g/mol. The van der Waals surface area contributed by atoms with Gasteiger partial charge >= 0.3 is 0 Å². The van der Waals surface area contributed by atoms with Crippen LogP contribution in [0.5, 0.6) is 0 Å². The molecule has 32 heavy (non-hydrogen) atoms. The number of halogens is 2. The molecule has 1 saturated heterocycles. The molecule has 1 N–H and O–H groups in total. The fourth-order valence-corrected chi connectivity index (χ4v) is 5.63. The molecule has 1 aromatic heterocycles. The zero-order chi connectivity index (χ0) is 22.6. The number of aromatic amines is 1. The van der Waals surface area contributed by atoms with Crippen molar-refractivity contribution >= 4 is 35.2 Å². The average Bonchev–Trinajstić information content (AvgIpc) is 3.22. The lowest BCUT2D eigenvalue weighted by molar-refractivity contribution is -0.105. The van der Waals surface area contributed by atoms with Crippen LogP contribution in [0.1, 0.15) is 50.0 Å². The SMILES string of the molecule is COC(c1cc(Cl)c2c(c1Cl)C(=O)N(Cc1c3c(c(C)[nH]c1=O)C=CC3)CC2)C1COC1. The van der Waals surface area contributed by atoms with Crippen LogP contribution in [0.2, 0.25) is 10.0 Å². The van der Waals surface area contributed by atoms with E-state index in [1.807, 2.05) is 25.1 Å². The second kappa shape index (κ2) is 8.34. The Bertz CT molecular complexity index is 1200. The number of fused-ring (bicyclic) bond motifs is 2. The Labute approximate surface area is 196 Å². The highest BCUT2D eigenvalue weighted by Gasteiger charge is 2.36. The molecule has 1 atom stereocenters. The summed E-state index contributed by atoms with van der Waals surface area (Å²) < 4.78 is 11.0. The smallest absolute Gasteiger partial charge is 0.256 e. The molecule has 0 radical (unpaired) electrons. The van der Waals surface area contributed by atoms with Crippen LogP contribution in [0.25, 0.3) is 6.08 Å². The van der Waals surface area contributed by atoms with Crippen LogP contribution in [0.4, 0.5) is 0 Å². The number of pyridine rings is 1. The fraction of sp³-hybridized carbons (Fsp3) is 0.417. The van der Waals surface area contributed by atoms with Gasteiger partial charge in [0.2, 0.25) is 0 Å². The maximum absolute atomic E-state index is 13.6. The van der Waals surface area contributed by atoms with E-state index in [1.54, 1.807) is 12.0 Å². The molecule has 1 unspecified atom stereocenters. The predicted octanol–water partition coefficient (Wildman–Crippen LogP) is 4.09. The molecule has 1 fully saturated rings. The molecule has 2 aromatic rings. The molecule has 3 heterocycles. The molecule has 2 aliphatic heterocycles. The minimum absolute atomic E-state index is 0.147. The van der Waals surface area contributed by atoms with Crippen molar-refractivity contribution in [2.24, 2.45) is 5.92 Å². The number of nitrogens with one attached hydrogen (secondary N) is 1. The van der Waals surface area contributed by atoms with Gasteiger partial charge in [0.05, 0.1) is 36.4 Å². The minimum atomic E-state index is -0.295. The molecule has 3 aliphatic rings. The summed E-state index contributed by atoms with van der Waals surface area (Å²) in [6, 6.07) is 1.82. The number of benzene rings is 1. The quantitative estimate of drug-likeness (QED) is 0.707. The number of hydrogen-bond acceptors (Lipinski definition) is 4. The largest absolute Gasteiger partial charge is 0.380 e. The van der Waals surface area contributed by atoms with Crippen molar-refractivity contribution in [2.45, 2.75) is 32.4 Å². The number of carbonyl (C=O) groups is 1. The van der Waals surface area contributed by atoms with Gasteiger partial charge in [-0.1, -0.05) is 35.4 Å². The number of amides is 1. The van der Waals surface area contributed by atoms with Crippen molar-refractivity contribution in [3.8, 4) is 0 Å². The summed E-state index contributed by atoms with van der Waals surface area (Å²) in [7, 11) is 1.62. The predicted molar refractivity (Wildman–Crippen MR) is 124 cm³/mol. The molecule has 0 bridgehead atoms. The Morgan fingerprint density at radius 3 is 2.75 bits per heavy atom. The molecule has 5 rings (SSSR count). The standard InChI is InChI=1S/C24H24Cl2N2O4/c1-12-14-4-3-5-15(14)18(23(29)27-12)9-28-7-6-16-19(25)8-17(21(26)20(16)24(28)30)22(31-2)13-10-32-11-13/h3-4,8,13,22H,5-7,9-11H2,1-2H3,(H,27,29). The van der Waals surface area contributed by atoms with Crippen LogP contribution < -0.4 is 5.56 Å². The summed E-state index contributed by atoms with van der Waals surface area (Å²) in [5.41, 5.74) is 5.25. The van der Waals surface area contributed by atoms with Crippen LogP contribution in [-0.2, 0) is 28.9 Å². The maximum atomic E-state index is 13.6. The number of aryl methyl sites for hydroxylation is 1. The fourth-order valence-electron chi connectivity index (χ4n) is 4.97. The number of rotatable bonds is 5. The summed E-state index contributed by atoms with van der Waals surface area (Å²) in [6.07, 6.45) is 5.05. The van der Waals surface area contributed by atoms with Gasteiger partial charge in [0.15, 0.2) is 0 Å². The van der Waals surface area contributed by atoms with Crippen molar-refractivity contribution in [3.05, 3.63) is 71.6 Å². The van der Waals surface area contributed by atoms with Gasteiger partial charge < -0.3 is 19.4 Å². The van der Waals surface area contributed by atoms with E-state index in [1.165, 1.54) is 0 Å². The van der Waals surface area contributed by atoms with Gasteiger partial charge in [-0.15, -0.1) is 0 Å². The number of aromatic nitrogens is 1. The zero-order valence-corrected chi connectivity index (χ0v) is 19.5. The Morgan fingerprint density at radius 1 is 1.28 bits per heavy atom. The highest BCUT2D eigenvalue weighted by atomic mass is 35.5. The molecule has 6 nitrogen and oxygen atoms in total. The van der Waals surface area contributed by atoms with E-state index >= 15 is 0 Å². The number of allylic oxidation sites excluding steroid dienone is 1. The second-order valence-corrected chi connectivity index (χ2v) is 9.39. The number of ether oxygens (including phenoxy) is 2. The van der Waals surface area contributed by atoms with Crippen molar-refractivity contribution < 1.29 is 14.3 Å². The Balaban J connectivity index is 1.51. The van der Waals surface area contributed by atoms with Crippen LogP contribution in [0.15, 0.2) is 16.9 Å². The normalized spacial score (nSPS) is 18.5. The number of hydrogen-bond donors (Lipinski definition) is 1. The molecule has 0 spiro atoms.